The average molecular weight is 290 g/mol. The molecule has 1 heterocycles. The lowest BCUT2D eigenvalue weighted by Crippen LogP contribution is -2.12. The lowest BCUT2D eigenvalue weighted by molar-refractivity contribution is 0.103. The van der Waals surface area contributed by atoms with Gasteiger partial charge in [-0.3, -0.25) is 4.79 Å². The van der Waals surface area contributed by atoms with Crippen LogP contribution < -0.4 is 10.1 Å². The Bertz CT molecular complexity index is 620. The van der Waals surface area contributed by atoms with Gasteiger partial charge in [0.1, 0.15) is 10.6 Å². The first-order valence-corrected chi connectivity index (χ1v) is 7.29. The molecule has 0 spiro atoms. The van der Waals surface area contributed by atoms with Crippen LogP contribution in [0, 0.1) is 13.8 Å². The van der Waals surface area contributed by atoms with Crippen molar-refractivity contribution in [1.82, 2.24) is 4.98 Å². The minimum absolute atomic E-state index is 0.104. The van der Waals surface area contributed by atoms with Crippen LogP contribution in [-0.2, 0) is 0 Å². The second-order valence-corrected chi connectivity index (χ2v) is 6.00. The highest BCUT2D eigenvalue weighted by atomic mass is 32.1. The molecular weight excluding hydrogens is 272 g/mol. The number of amides is 1. The first-order chi connectivity index (χ1) is 9.45. The molecular formula is C15H18N2O2S. The summed E-state index contributed by atoms with van der Waals surface area (Å²) in [5.74, 6) is 0.616. The normalized spacial score (nSPS) is 10.7. The number of hydrogen-bond donors (Lipinski definition) is 1. The van der Waals surface area contributed by atoms with Crippen molar-refractivity contribution in [2.24, 2.45) is 0 Å². The number of aryl methyl sites for hydroxylation is 2. The third-order valence-corrected chi connectivity index (χ3v) is 3.65. The van der Waals surface area contributed by atoms with Crippen LogP contribution in [0.1, 0.15) is 34.2 Å². The number of aromatic nitrogens is 1. The quantitative estimate of drug-likeness (QED) is 0.931. The van der Waals surface area contributed by atoms with Gasteiger partial charge in [0.05, 0.1) is 16.8 Å². The summed E-state index contributed by atoms with van der Waals surface area (Å²) >= 11 is 1.40. The zero-order valence-corrected chi connectivity index (χ0v) is 12.9. The van der Waals surface area contributed by atoms with E-state index < -0.39 is 0 Å². The first-order valence-electron chi connectivity index (χ1n) is 6.48. The predicted octanol–water partition coefficient (Wildman–Crippen LogP) is 3.80. The van der Waals surface area contributed by atoms with E-state index in [2.05, 4.69) is 10.3 Å². The number of thiazole rings is 1. The van der Waals surface area contributed by atoms with Gasteiger partial charge in [0.2, 0.25) is 0 Å². The Morgan fingerprint density at radius 2 is 2.10 bits per heavy atom. The molecule has 0 aliphatic heterocycles. The zero-order valence-electron chi connectivity index (χ0n) is 12.1. The van der Waals surface area contributed by atoms with Crippen molar-refractivity contribution in [3.63, 3.8) is 0 Å². The molecule has 1 N–H and O–H groups in total. The molecule has 0 fully saturated rings. The van der Waals surface area contributed by atoms with Crippen molar-refractivity contribution < 1.29 is 9.53 Å². The molecule has 1 aromatic heterocycles. The molecule has 106 valence electrons. The summed E-state index contributed by atoms with van der Waals surface area (Å²) in [6, 6.07) is 7.39. The van der Waals surface area contributed by atoms with Gasteiger partial charge in [-0.2, -0.15) is 0 Å². The van der Waals surface area contributed by atoms with Gasteiger partial charge in [0.15, 0.2) is 0 Å². The second kappa shape index (κ2) is 6.05. The van der Waals surface area contributed by atoms with Crippen molar-refractivity contribution in [3.05, 3.63) is 39.8 Å². The number of rotatable bonds is 4. The molecule has 2 aromatic rings. The Balaban J connectivity index is 2.13. The van der Waals surface area contributed by atoms with Crippen LogP contribution >= 0.6 is 11.3 Å². The van der Waals surface area contributed by atoms with Crippen LogP contribution in [0.4, 0.5) is 5.69 Å². The Morgan fingerprint density at radius 1 is 1.35 bits per heavy atom. The highest BCUT2D eigenvalue weighted by Gasteiger charge is 2.14. The van der Waals surface area contributed by atoms with Crippen molar-refractivity contribution in [1.29, 1.82) is 0 Å². The van der Waals surface area contributed by atoms with Gasteiger partial charge in [-0.05, 0) is 39.8 Å². The van der Waals surface area contributed by atoms with Gasteiger partial charge in [-0.25, -0.2) is 4.98 Å². The minimum atomic E-state index is -0.130. The van der Waals surface area contributed by atoms with Crippen molar-refractivity contribution in [2.45, 2.75) is 33.8 Å². The summed E-state index contributed by atoms with van der Waals surface area (Å²) in [5, 5.41) is 3.77. The molecule has 2 rings (SSSR count). The zero-order chi connectivity index (χ0) is 14.7. The molecule has 0 saturated heterocycles. The number of carbonyl (C=O) groups excluding carboxylic acids is 1. The Hall–Kier alpha value is -1.88. The summed E-state index contributed by atoms with van der Waals surface area (Å²) < 4.78 is 5.61. The molecule has 0 atom stereocenters. The maximum absolute atomic E-state index is 12.2. The number of ether oxygens (including phenoxy) is 1. The highest BCUT2D eigenvalue weighted by Crippen LogP contribution is 2.22. The molecule has 4 nitrogen and oxygen atoms in total. The van der Waals surface area contributed by atoms with Gasteiger partial charge in [0.25, 0.3) is 5.91 Å². The van der Waals surface area contributed by atoms with Crippen LogP contribution in [0.2, 0.25) is 0 Å². The number of benzene rings is 1. The second-order valence-electron chi connectivity index (χ2n) is 4.80. The third kappa shape index (κ3) is 3.57. The van der Waals surface area contributed by atoms with E-state index in [1.165, 1.54) is 11.3 Å². The van der Waals surface area contributed by atoms with Gasteiger partial charge >= 0.3 is 0 Å². The summed E-state index contributed by atoms with van der Waals surface area (Å²) in [6.45, 7) is 7.67. The van der Waals surface area contributed by atoms with E-state index in [9.17, 15) is 4.79 Å². The van der Waals surface area contributed by atoms with Crippen molar-refractivity contribution in [2.75, 3.05) is 5.32 Å². The first kappa shape index (κ1) is 14.5. The minimum Gasteiger partial charge on any atom is -0.491 e. The monoisotopic (exact) mass is 290 g/mol. The summed E-state index contributed by atoms with van der Waals surface area (Å²) in [7, 11) is 0. The highest BCUT2D eigenvalue weighted by molar-refractivity contribution is 7.13. The number of nitrogens with zero attached hydrogens (tertiary/aromatic N) is 1. The summed E-state index contributed by atoms with van der Waals surface area (Å²) in [5.41, 5.74) is 1.48. The number of carbonyl (C=O) groups is 1. The molecule has 5 heteroatoms. The Labute approximate surface area is 122 Å². The van der Waals surface area contributed by atoms with E-state index in [4.69, 9.17) is 4.74 Å². The van der Waals surface area contributed by atoms with E-state index in [1.807, 2.05) is 52.0 Å². The standard InChI is InChI=1S/C15H18N2O2S/c1-9(2)19-13-7-5-6-12(8-13)17-15(18)14-10(3)16-11(4)20-14/h5-9H,1-4H3,(H,17,18). The SMILES string of the molecule is Cc1nc(C)c(C(=O)Nc2cccc(OC(C)C)c2)s1. The Kier molecular flexibility index (Phi) is 4.39. The van der Waals surface area contributed by atoms with Crippen LogP contribution in [0.25, 0.3) is 0 Å². The molecule has 0 bridgehead atoms. The topological polar surface area (TPSA) is 51.2 Å². The van der Waals surface area contributed by atoms with Crippen LogP contribution in [0.5, 0.6) is 5.75 Å². The fourth-order valence-electron chi connectivity index (χ4n) is 1.85. The average Bonchev–Trinajstić information content (AvgIpc) is 2.68. The van der Waals surface area contributed by atoms with Gasteiger partial charge in [0, 0.05) is 11.8 Å². The number of anilines is 1. The summed E-state index contributed by atoms with van der Waals surface area (Å²) in [6.07, 6.45) is 0.104. The van der Waals surface area contributed by atoms with Gasteiger partial charge in [-0.15, -0.1) is 11.3 Å². The fourth-order valence-corrected chi connectivity index (χ4v) is 2.66. The van der Waals surface area contributed by atoms with Crippen LogP contribution in [0.15, 0.2) is 24.3 Å². The Morgan fingerprint density at radius 3 is 2.70 bits per heavy atom. The molecule has 20 heavy (non-hydrogen) atoms. The third-order valence-electron chi connectivity index (χ3n) is 2.57. The van der Waals surface area contributed by atoms with E-state index >= 15 is 0 Å². The van der Waals surface area contributed by atoms with Gasteiger partial charge < -0.3 is 10.1 Å². The van der Waals surface area contributed by atoms with E-state index in [0.717, 1.165) is 22.1 Å². The predicted molar refractivity (Wildman–Crippen MR) is 81.7 cm³/mol. The summed E-state index contributed by atoms with van der Waals surface area (Å²) in [4.78, 5) is 17.1. The lowest BCUT2D eigenvalue weighted by Gasteiger charge is -2.11. The molecule has 1 aromatic carbocycles. The molecule has 0 radical (unpaired) electrons. The van der Waals surface area contributed by atoms with E-state index in [0.29, 0.717) is 4.88 Å². The number of hydrogen-bond acceptors (Lipinski definition) is 4. The van der Waals surface area contributed by atoms with Crippen molar-refractivity contribution in [3.8, 4) is 5.75 Å². The molecule has 0 aliphatic carbocycles. The van der Waals surface area contributed by atoms with Gasteiger partial charge in [-0.1, -0.05) is 6.07 Å². The van der Waals surface area contributed by atoms with E-state index in [-0.39, 0.29) is 12.0 Å². The van der Waals surface area contributed by atoms with Crippen LogP contribution in [0.3, 0.4) is 0 Å². The molecule has 1 amide bonds. The van der Waals surface area contributed by atoms with E-state index in [1.54, 1.807) is 0 Å². The maximum Gasteiger partial charge on any atom is 0.267 e. The molecule has 0 unspecified atom stereocenters. The maximum atomic E-state index is 12.2. The molecule has 0 saturated carbocycles. The van der Waals surface area contributed by atoms with Crippen LogP contribution in [-0.4, -0.2) is 17.0 Å². The molecule has 0 aliphatic rings. The smallest absolute Gasteiger partial charge is 0.267 e. The van der Waals surface area contributed by atoms with Crippen molar-refractivity contribution >= 4 is 22.9 Å². The fraction of sp³-hybridized carbons (Fsp3) is 0.333. The number of nitrogens with one attached hydrogen (secondary N) is 1. The lowest BCUT2D eigenvalue weighted by atomic mass is 10.3. The largest absolute Gasteiger partial charge is 0.491 e.